The highest BCUT2D eigenvalue weighted by molar-refractivity contribution is 9.10. The maximum absolute atomic E-state index is 11.7. The molecule has 6 heteroatoms. The SMILES string of the molecule is CSC(CO)C(C)NCC(=O)Nc1ccc(Br)cc1. The van der Waals surface area contributed by atoms with Crippen molar-refractivity contribution in [3.8, 4) is 0 Å². The van der Waals surface area contributed by atoms with Crippen LogP contribution in [0.15, 0.2) is 28.7 Å². The van der Waals surface area contributed by atoms with E-state index in [4.69, 9.17) is 5.11 Å². The summed E-state index contributed by atoms with van der Waals surface area (Å²) in [6.45, 7) is 2.29. The van der Waals surface area contributed by atoms with Crippen LogP contribution < -0.4 is 10.6 Å². The van der Waals surface area contributed by atoms with Crippen molar-refractivity contribution < 1.29 is 9.90 Å². The average Bonchev–Trinajstić information content (AvgIpc) is 2.40. The molecular formula is C13H19BrN2O2S. The molecule has 0 aliphatic heterocycles. The van der Waals surface area contributed by atoms with Gasteiger partial charge < -0.3 is 15.7 Å². The average molecular weight is 347 g/mol. The third-order valence-corrected chi connectivity index (χ3v) is 4.44. The number of halogens is 1. The van der Waals surface area contributed by atoms with Crippen molar-refractivity contribution in [3.63, 3.8) is 0 Å². The largest absolute Gasteiger partial charge is 0.395 e. The first-order chi connectivity index (χ1) is 9.06. The zero-order chi connectivity index (χ0) is 14.3. The van der Waals surface area contributed by atoms with Crippen molar-refractivity contribution in [2.24, 2.45) is 0 Å². The molecule has 1 aromatic carbocycles. The number of aliphatic hydroxyl groups excluding tert-OH is 1. The van der Waals surface area contributed by atoms with E-state index in [1.165, 1.54) is 0 Å². The molecule has 0 fully saturated rings. The van der Waals surface area contributed by atoms with Crippen LogP contribution in [0, 0.1) is 0 Å². The summed E-state index contributed by atoms with van der Waals surface area (Å²) >= 11 is 4.93. The van der Waals surface area contributed by atoms with Gasteiger partial charge in [0.2, 0.25) is 5.91 Å². The van der Waals surface area contributed by atoms with E-state index in [0.717, 1.165) is 10.2 Å². The fourth-order valence-corrected chi connectivity index (χ4v) is 2.48. The van der Waals surface area contributed by atoms with Crippen LogP contribution >= 0.6 is 27.7 Å². The first-order valence-electron chi connectivity index (χ1n) is 5.99. The Balaban J connectivity index is 2.37. The van der Waals surface area contributed by atoms with E-state index in [2.05, 4.69) is 26.6 Å². The van der Waals surface area contributed by atoms with Crippen molar-refractivity contribution in [1.82, 2.24) is 5.32 Å². The lowest BCUT2D eigenvalue weighted by Gasteiger charge is -2.21. The number of carbonyl (C=O) groups is 1. The minimum absolute atomic E-state index is 0.0793. The van der Waals surface area contributed by atoms with Gasteiger partial charge in [0, 0.05) is 21.5 Å². The van der Waals surface area contributed by atoms with E-state index in [1.54, 1.807) is 11.8 Å². The summed E-state index contributed by atoms with van der Waals surface area (Å²) in [5, 5.41) is 15.2. The van der Waals surface area contributed by atoms with Crippen LogP contribution in [0.25, 0.3) is 0 Å². The van der Waals surface area contributed by atoms with Gasteiger partial charge in [0.15, 0.2) is 0 Å². The Morgan fingerprint density at radius 2 is 2.05 bits per heavy atom. The van der Waals surface area contributed by atoms with Crippen LogP contribution in [-0.4, -0.2) is 41.7 Å². The molecule has 0 saturated carbocycles. The third kappa shape index (κ3) is 5.95. The Bertz CT molecular complexity index is 396. The molecule has 0 radical (unpaired) electrons. The smallest absolute Gasteiger partial charge is 0.238 e. The molecule has 0 aromatic heterocycles. The highest BCUT2D eigenvalue weighted by Crippen LogP contribution is 2.14. The Hall–Kier alpha value is -0.560. The van der Waals surface area contributed by atoms with Gasteiger partial charge in [-0.05, 0) is 37.4 Å². The number of benzene rings is 1. The number of hydrogen-bond acceptors (Lipinski definition) is 4. The molecule has 0 spiro atoms. The second-order valence-corrected chi connectivity index (χ2v) is 6.17. The standard InChI is InChI=1S/C13H19BrN2O2S/c1-9(12(8-17)19-2)15-7-13(18)16-11-5-3-10(14)4-6-11/h3-6,9,12,15,17H,7-8H2,1-2H3,(H,16,18). The zero-order valence-electron chi connectivity index (χ0n) is 11.0. The Morgan fingerprint density at radius 3 is 2.58 bits per heavy atom. The second-order valence-electron chi connectivity index (χ2n) is 4.18. The number of hydrogen-bond donors (Lipinski definition) is 3. The van der Waals surface area contributed by atoms with Gasteiger partial charge in [0.1, 0.15) is 0 Å². The van der Waals surface area contributed by atoms with Gasteiger partial charge in [0.25, 0.3) is 0 Å². The predicted octanol–water partition coefficient (Wildman–Crippen LogP) is 2.09. The van der Waals surface area contributed by atoms with Crippen LogP contribution in [0.5, 0.6) is 0 Å². The summed E-state index contributed by atoms with van der Waals surface area (Å²) in [5.41, 5.74) is 0.770. The highest BCUT2D eigenvalue weighted by atomic mass is 79.9. The molecule has 2 atom stereocenters. The third-order valence-electron chi connectivity index (χ3n) is 2.75. The summed E-state index contributed by atoms with van der Waals surface area (Å²) in [4.78, 5) is 11.7. The van der Waals surface area contributed by atoms with Crippen molar-refractivity contribution in [1.29, 1.82) is 0 Å². The zero-order valence-corrected chi connectivity index (χ0v) is 13.4. The molecule has 0 aliphatic carbocycles. The lowest BCUT2D eigenvalue weighted by molar-refractivity contribution is -0.115. The molecule has 0 saturated heterocycles. The van der Waals surface area contributed by atoms with E-state index in [9.17, 15) is 4.79 Å². The predicted molar refractivity (Wildman–Crippen MR) is 84.6 cm³/mol. The van der Waals surface area contributed by atoms with Gasteiger partial charge in [-0.3, -0.25) is 4.79 Å². The van der Waals surface area contributed by atoms with Gasteiger partial charge in [-0.25, -0.2) is 0 Å². The fraction of sp³-hybridized carbons (Fsp3) is 0.462. The van der Waals surface area contributed by atoms with Crippen molar-refractivity contribution in [2.45, 2.75) is 18.2 Å². The molecule has 0 aliphatic rings. The summed E-state index contributed by atoms with van der Waals surface area (Å²) < 4.78 is 0.975. The number of aliphatic hydroxyl groups is 1. The summed E-state index contributed by atoms with van der Waals surface area (Å²) in [7, 11) is 0. The van der Waals surface area contributed by atoms with Gasteiger partial charge in [-0.1, -0.05) is 15.9 Å². The molecular weight excluding hydrogens is 328 g/mol. The van der Waals surface area contributed by atoms with E-state index >= 15 is 0 Å². The number of nitrogens with one attached hydrogen (secondary N) is 2. The fourth-order valence-electron chi connectivity index (χ4n) is 1.56. The molecule has 0 heterocycles. The van der Waals surface area contributed by atoms with E-state index in [1.807, 2.05) is 37.4 Å². The number of carbonyl (C=O) groups excluding carboxylic acids is 1. The van der Waals surface area contributed by atoms with Crippen molar-refractivity contribution in [2.75, 3.05) is 24.7 Å². The summed E-state index contributed by atoms with van der Waals surface area (Å²) in [5.74, 6) is -0.0908. The molecule has 3 N–H and O–H groups in total. The Labute approximate surface area is 126 Å². The van der Waals surface area contributed by atoms with Gasteiger partial charge in [0.05, 0.1) is 13.2 Å². The van der Waals surface area contributed by atoms with E-state index in [-0.39, 0.29) is 30.4 Å². The minimum atomic E-state index is -0.0908. The van der Waals surface area contributed by atoms with E-state index in [0.29, 0.717) is 0 Å². The molecule has 2 unspecified atom stereocenters. The minimum Gasteiger partial charge on any atom is -0.395 e. The molecule has 4 nitrogen and oxygen atoms in total. The van der Waals surface area contributed by atoms with Crippen molar-refractivity contribution in [3.05, 3.63) is 28.7 Å². The number of anilines is 1. The van der Waals surface area contributed by atoms with Gasteiger partial charge >= 0.3 is 0 Å². The molecule has 1 amide bonds. The Morgan fingerprint density at radius 1 is 1.42 bits per heavy atom. The van der Waals surface area contributed by atoms with Crippen LogP contribution in [0.4, 0.5) is 5.69 Å². The number of rotatable bonds is 7. The highest BCUT2D eigenvalue weighted by Gasteiger charge is 2.15. The molecule has 19 heavy (non-hydrogen) atoms. The lowest BCUT2D eigenvalue weighted by Crippen LogP contribution is -2.41. The molecule has 1 rings (SSSR count). The van der Waals surface area contributed by atoms with Crippen LogP contribution in [0.3, 0.4) is 0 Å². The van der Waals surface area contributed by atoms with Crippen LogP contribution in [0.1, 0.15) is 6.92 Å². The maximum atomic E-state index is 11.7. The van der Waals surface area contributed by atoms with Crippen LogP contribution in [0.2, 0.25) is 0 Å². The normalized spacial score (nSPS) is 13.9. The van der Waals surface area contributed by atoms with Gasteiger partial charge in [-0.2, -0.15) is 11.8 Å². The van der Waals surface area contributed by atoms with Crippen LogP contribution in [-0.2, 0) is 4.79 Å². The number of thioether (sulfide) groups is 1. The maximum Gasteiger partial charge on any atom is 0.238 e. The summed E-state index contributed by atoms with van der Waals surface area (Å²) in [6, 6.07) is 7.51. The Kier molecular flexibility index (Phi) is 7.45. The molecule has 0 bridgehead atoms. The second kappa shape index (κ2) is 8.58. The summed E-state index contributed by atoms with van der Waals surface area (Å²) in [6.07, 6.45) is 1.95. The lowest BCUT2D eigenvalue weighted by atomic mass is 10.2. The number of amides is 1. The van der Waals surface area contributed by atoms with E-state index < -0.39 is 0 Å². The first kappa shape index (κ1) is 16.5. The van der Waals surface area contributed by atoms with Crippen molar-refractivity contribution >= 4 is 39.3 Å². The van der Waals surface area contributed by atoms with Gasteiger partial charge in [-0.15, -0.1) is 0 Å². The monoisotopic (exact) mass is 346 g/mol. The quantitative estimate of drug-likeness (QED) is 0.707. The molecule has 1 aromatic rings. The first-order valence-corrected chi connectivity index (χ1v) is 8.07. The topological polar surface area (TPSA) is 61.4 Å². The molecule has 106 valence electrons.